The van der Waals surface area contributed by atoms with Crippen molar-refractivity contribution in [2.75, 3.05) is 19.7 Å². The second-order valence-corrected chi connectivity index (χ2v) is 5.94. The number of carbonyl (C=O) groups is 1. The van der Waals surface area contributed by atoms with Crippen molar-refractivity contribution in [1.82, 2.24) is 4.90 Å². The zero-order valence-electron chi connectivity index (χ0n) is 12.1. The van der Waals surface area contributed by atoms with E-state index in [-0.39, 0.29) is 5.97 Å². The van der Waals surface area contributed by atoms with E-state index in [9.17, 15) is 4.79 Å². The van der Waals surface area contributed by atoms with Crippen LogP contribution in [0.4, 0.5) is 0 Å². The Morgan fingerprint density at radius 3 is 2.84 bits per heavy atom. The second kappa shape index (κ2) is 7.25. The van der Waals surface area contributed by atoms with Crippen LogP contribution in [0.3, 0.4) is 0 Å². The Balaban J connectivity index is 1.79. The molecular formula is C15H28N2O2. The molecule has 2 N–H and O–H groups in total. The predicted molar refractivity (Wildman–Crippen MR) is 75.8 cm³/mol. The average Bonchev–Trinajstić information content (AvgIpc) is 2.45. The summed E-state index contributed by atoms with van der Waals surface area (Å²) in [7, 11) is 0. The maximum Gasteiger partial charge on any atom is 0.322 e. The molecule has 1 saturated heterocycles. The van der Waals surface area contributed by atoms with Gasteiger partial charge in [0.25, 0.3) is 0 Å². The summed E-state index contributed by atoms with van der Waals surface area (Å²) in [5.74, 6) is 0.640. The van der Waals surface area contributed by atoms with Gasteiger partial charge in [-0.15, -0.1) is 0 Å². The monoisotopic (exact) mass is 268 g/mol. The van der Waals surface area contributed by atoms with Crippen LogP contribution < -0.4 is 5.73 Å². The maximum atomic E-state index is 11.5. The summed E-state index contributed by atoms with van der Waals surface area (Å²) >= 11 is 0. The van der Waals surface area contributed by atoms with Gasteiger partial charge >= 0.3 is 5.97 Å². The van der Waals surface area contributed by atoms with Gasteiger partial charge in [0.1, 0.15) is 6.04 Å². The third-order valence-electron chi connectivity index (χ3n) is 4.67. The first-order valence-electron chi connectivity index (χ1n) is 7.88. The van der Waals surface area contributed by atoms with Gasteiger partial charge in [-0.05, 0) is 51.5 Å². The van der Waals surface area contributed by atoms with Crippen molar-refractivity contribution in [2.45, 2.75) is 64.0 Å². The lowest BCUT2D eigenvalue weighted by Gasteiger charge is -2.44. The number of fused-ring (bicyclic) bond motifs is 1. The van der Waals surface area contributed by atoms with Crippen LogP contribution in [-0.4, -0.2) is 42.6 Å². The molecule has 19 heavy (non-hydrogen) atoms. The van der Waals surface area contributed by atoms with Crippen LogP contribution in [0.15, 0.2) is 0 Å². The molecule has 4 nitrogen and oxygen atoms in total. The van der Waals surface area contributed by atoms with Crippen LogP contribution in [0.5, 0.6) is 0 Å². The van der Waals surface area contributed by atoms with Gasteiger partial charge in [-0.3, -0.25) is 4.79 Å². The summed E-state index contributed by atoms with van der Waals surface area (Å²) in [5, 5.41) is 0. The van der Waals surface area contributed by atoms with Crippen molar-refractivity contribution in [3.63, 3.8) is 0 Å². The van der Waals surface area contributed by atoms with Gasteiger partial charge in [0.2, 0.25) is 0 Å². The summed E-state index contributed by atoms with van der Waals surface area (Å²) in [5.41, 5.74) is 5.89. The highest BCUT2D eigenvalue weighted by Gasteiger charge is 2.33. The maximum absolute atomic E-state index is 11.5. The SMILES string of the molecule is CCOC(=O)C(N)CCN1CCC[C@H]2CCCC[C@H]21. The molecule has 4 heteroatoms. The molecule has 110 valence electrons. The summed E-state index contributed by atoms with van der Waals surface area (Å²) < 4.78 is 4.97. The van der Waals surface area contributed by atoms with Crippen molar-refractivity contribution < 1.29 is 9.53 Å². The highest BCUT2D eigenvalue weighted by atomic mass is 16.5. The molecular weight excluding hydrogens is 240 g/mol. The first-order valence-corrected chi connectivity index (χ1v) is 7.88. The van der Waals surface area contributed by atoms with E-state index < -0.39 is 6.04 Å². The van der Waals surface area contributed by atoms with Crippen LogP contribution in [0, 0.1) is 5.92 Å². The van der Waals surface area contributed by atoms with E-state index in [0.717, 1.165) is 24.9 Å². The number of ether oxygens (including phenoxy) is 1. The minimum atomic E-state index is -0.455. The number of nitrogens with two attached hydrogens (primary N) is 1. The Morgan fingerprint density at radius 2 is 2.05 bits per heavy atom. The molecule has 2 rings (SSSR count). The average molecular weight is 268 g/mol. The molecule has 2 fully saturated rings. The third kappa shape index (κ3) is 3.93. The molecule has 3 atom stereocenters. The minimum Gasteiger partial charge on any atom is -0.465 e. The standard InChI is InChI=1S/C15H28N2O2/c1-2-19-15(18)13(16)9-11-17-10-5-7-12-6-3-4-8-14(12)17/h12-14H,2-11,16H2,1H3/t12-,13?,14-/m1/s1. The van der Waals surface area contributed by atoms with Gasteiger partial charge in [-0.1, -0.05) is 12.8 Å². The summed E-state index contributed by atoms with van der Waals surface area (Å²) in [6.07, 6.45) is 8.91. The Labute approximate surface area is 116 Å². The van der Waals surface area contributed by atoms with Gasteiger partial charge < -0.3 is 15.4 Å². The van der Waals surface area contributed by atoms with Crippen molar-refractivity contribution in [3.8, 4) is 0 Å². The van der Waals surface area contributed by atoms with Crippen LogP contribution in [-0.2, 0) is 9.53 Å². The number of hydrogen-bond donors (Lipinski definition) is 1. The summed E-state index contributed by atoms with van der Waals surface area (Å²) in [6.45, 7) is 4.36. The van der Waals surface area contributed by atoms with E-state index in [1.807, 2.05) is 6.92 Å². The zero-order chi connectivity index (χ0) is 13.7. The molecule has 0 aromatic rings. The van der Waals surface area contributed by atoms with Gasteiger partial charge in [0.15, 0.2) is 0 Å². The van der Waals surface area contributed by atoms with Gasteiger partial charge in [0, 0.05) is 12.6 Å². The topological polar surface area (TPSA) is 55.6 Å². The third-order valence-corrected chi connectivity index (χ3v) is 4.67. The quantitative estimate of drug-likeness (QED) is 0.774. The molecule has 1 aliphatic heterocycles. The first kappa shape index (κ1) is 14.8. The smallest absolute Gasteiger partial charge is 0.322 e. The van der Waals surface area contributed by atoms with E-state index in [4.69, 9.17) is 10.5 Å². The summed E-state index contributed by atoms with van der Waals surface area (Å²) in [6, 6.07) is 0.292. The van der Waals surface area contributed by atoms with Gasteiger partial charge in [0.05, 0.1) is 6.61 Å². The van der Waals surface area contributed by atoms with E-state index in [1.54, 1.807) is 0 Å². The molecule has 1 heterocycles. The Morgan fingerprint density at radius 1 is 1.32 bits per heavy atom. The fourth-order valence-electron chi connectivity index (χ4n) is 3.68. The Kier molecular flexibility index (Phi) is 5.64. The molecule has 1 saturated carbocycles. The number of hydrogen-bond acceptors (Lipinski definition) is 4. The fourth-order valence-corrected chi connectivity index (χ4v) is 3.68. The van der Waals surface area contributed by atoms with Gasteiger partial charge in [-0.2, -0.15) is 0 Å². The molecule has 0 spiro atoms. The fraction of sp³-hybridized carbons (Fsp3) is 0.933. The van der Waals surface area contributed by atoms with Crippen molar-refractivity contribution >= 4 is 5.97 Å². The van der Waals surface area contributed by atoms with Gasteiger partial charge in [-0.25, -0.2) is 0 Å². The lowest BCUT2D eigenvalue weighted by Crippen LogP contribution is -2.48. The van der Waals surface area contributed by atoms with Crippen molar-refractivity contribution in [2.24, 2.45) is 11.7 Å². The Hall–Kier alpha value is -0.610. The number of likely N-dealkylation sites (tertiary alicyclic amines) is 1. The van der Waals surface area contributed by atoms with Crippen molar-refractivity contribution in [1.29, 1.82) is 0 Å². The highest BCUT2D eigenvalue weighted by molar-refractivity contribution is 5.75. The molecule has 1 aliphatic carbocycles. The van der Waals surface area contributed by atoms with Crippen LogP contribution in [0.25, 0.3) is 0 Å². The number of piperidine rings is 1. The van der Waals surface area contributed by atoms with E-state index in [2.05, 4.69) is 4.90 Å². The van der Waals surface area contributed by atoms with E-state index in [0.29, 0.717) is 6.61 Å². The molecule has 0 aromatic heterocycles. The lowest BCUT2D eigenvalue weighted by molar-refractivity contribution is -0.145. The van der Waals surface area contributed by atoms with E-state index in [1.165, 1.54) is 45.1 Å². The normalized spacial score (nSPS) is 29.6. The lowest BCUT2D eigenvalue weighted by atomic mass is 9.78. The molecule has 0 aromatic carbocycles. The number of esters is 1. The number of carbonyl (C=O) groups excluding carboxylic acids is 1. The van der Waals surface area contributed by atoms with Crippen LogP contribution in [0.2, 0.25) is 0 Å². The molecule has 0 amide bonds. The Bertz CT molecular complexity index is 294. The number of nitrogens with zero attached hydrogens (tertiary/aromatic N) is 1. The zero-order valence-corrected chi connectivity index (χ0v) is 12.1. The minimum absolute atomic E-state index is 0.250. The van der Waals surface area contributed by atoms with Crippen LogP contribution >= 0.6 is 0 Å². The highest BCUT2D eigenvalue weighted by Crippen LogP contribution is 2.35. The molecule has 1 unspecified atom stereocenters. The predicted octanol–water partition coefficient (Wildman–Crippen LogP) is 1.92. The molecule has 2 aliphatic rings. The molecule has 0 bridgehead atoms. The van der Waals surface area contributed by atoms with E-state index >= 15 is 0 Å². The largest absolute Gasteiger partial charge is 0.465 e. The number of rotatable bonds is 5. The first-order chi connectivity index (χ1) is 9.22. The van der Waals surface area contributed by atoms with Crippen LogP contribution in [0.1, 0.15) is 51.9 Å². The molecule has 0 radical (unpaired) electrons. The second-order valence-electron chi connectivity index (χ2n) is 5.94. The summed E-state index contributed by atoms with van der Waals surface area (Å²) in [4.78, 5) is 14.1. The van der Waals surface area contributed by atoms with Crippen molar-refractivity contribution in [3.05, 3.63) is 0 Å².